The van der Waals surface area contributed by atoms with Crippen molar-refractivity contribution in [2.45, 2.75) is 95.3 Å². The maximum absolute atomic E-state index is 2.66. The van der Waals surface area contributed by atoms with Gasteiger partial charge in [0.25, 0.3) is 0 Å². The van der Waals surface area contributed by atoms with Gasteiger partial charge < -0.3 is 4.90 Å². The van der Waals surface area contributed by atoms with Crippen LogP contribution in [-0.4, -0.2) is 0 Å². The van der Waals surface area contributed by atoms with Crippen LogP contribution in [0.5, 0.6) is 0 Å². The molecule has 0 radical (unpaired) electrons. The zero-order valence-electron chi connectivity index (χ0n) is 45.2. The van der Waals surface area contributed by atoms with Crippen molar-refractivity contribution >= 4 is 17.1 Å². The standard InChI is InChI=1S/C75H65N/c1-71(2,3)49-24-19-26-51(45-49)75(52-27-20-25-50(46-52)72(4,5)6)64-37-17-12-31-60(64)69-65(75)38-22-40-68(69)76(67-39-18-13-30-57(67)59-33-21-32-58-55-29-10-15-35-62(55)73(7,8)70(58)59)53-41-42-56-54-28-11-16-36-63(54)74(66(56)47-53)44-43-48-23-9-14-34-61(48)74/h9-42,45-47H,43-44H2,1-8H3. The molecule has 0 aliphatic heterocycles. The second-order valence-electron chi connectivity index (χ2n) is 24.7. The van der Waals surface area contributed by atoms with Crippen LogP contribution in [0.4, 0.5) is 17.1 Å². The fourth-order valence-corrected chi connectivity index (χ4v) is 14.8. The number of fused-ring (bicyclic) bond motifs is 13. The molecule has 0 bridgehead atoms. The Morgan fingerprint density at radius 1 is 0.368 bits per heavy atom. The Labute approximate surface area is 450 Å². The quantitative estimate of drug-likeness (QED) is 0.160. The van der Waals surface area contributed by atoms with E-state index in [1.807, 2.05) is 0 Å². The molecule has 0 saturated carbocycles. The molecule has 0 aromatic heterocycles. The number of rotatable bonds is 6. The summed E-state index contributed by atoms with van der Waals surface area (Å²) in [4.78, 5) is 2.66. The van der Waals surface area contributed by atoms with Gasteiger partial charge in [-0.05, 0) is 148 Å². The van der Waals surface area contributed by atoms with Gasteiger partial charge in [0, 0.05) is 27.6 Å². The van der Waals surface area contributed by atoms with E-state index in [2.05, 4.69) is 285 Å². The molecule has 4 aliphatic carbocycles. The minimum Gasteiger partial charge on any atom is -0.309 e. The van der Waals surface area contributed by atoms with Crippen molar-refractivity contribution in [3.63, 3.8) is 0 Å². The average molecular weight is 980 g/mol. The smallest absolute Gasteiger partial charge is 0.0714 e. The predicted molar refractivity (Wildman–Crippen MR) is 319 cm³/mol. The molecule has 0 amide bonds. The van der Waals surface area contributed by atoms with Gasteiger partial charge in [0.1, 0.15) is 0 Å². The molecule has 370 valence electrons. The summed E-state index contributed by atoms with van der Waals surface area (Å²) in [5.74, 6) is 0. The van der Waals surface area contributed by atoms with E-state index >= 15 is 0 Å². The molecule has 14 rings (SSSR count). The van der Waals surface area contributed by atoms with E-state index in [4.69, 9.17) is 0 Å². The van der Waals surface area contributed by atoms with E-state index in [1.54, 1.807) is 0 Å². The van der Waals surface area contributed by atoms with Crippen molar-refractivity contribution in [3.8, 4) is 44.5 Å². The van der Waals surface area contributed by atoms with E-state index in [1.165, 1.54) is 117 Å². The van der Waals surface area contributed by atoms with Gasteiger partial charge in [0.2, 0.25) is 0 Å². The summed E-state index contributed by atoms with van der Waals surface area (Å²) in [6, 6.07) is 86.9. The molecule has 1 nitrogen and oxygen atoms in total. The summed E-state index contributed by atoms with van der Waals surface area (Å²) < 4.78 is 0. The number of aryl methyl sites for hydroxylation is 1. The third-order valence-corrected chi connectivity index (χ3v) is 18.3. The zero-order chi connectivity index (χ0) is 51.9. The summed E-state index contributed by atoms with van der Waals surface area (Å²) in [6.07, 6.45) is 2.09. The summed E-state index contributed by atoms with van der Waals surface area (Å²) >= 11 is 0. The lowest BCUT2D eigenvalue weighted by atomic mass is 9.66. The molecule has 1 unspecified atom stereocenters. The van der Waals surface area contributed by atoms with Gasteiger partial charge in [-0.25, -0.2) is 0 Å². The first-order valence-corrected chi connectivity index (χ1v) is 27.6. The van der Waals surface area contributed by atoms with Crippen LogP contribution in [0.25, 0.3) is 44.5 Å². The lowest BCUT2D eigenvalue weighted by molar-refractivity contribution is 0.585. The number of para-hydroxylation sites is 1. The van der Waals surface area contributed by atoms with Crippen LogP contribution in [0.1, 0.15) is 129 Å². The van der Waals surface area contributed by atoms with Gasteiger partial charge in [-0.2, -0.15) is 0 Å². The Balaban J connectivity index is 1.09. The molecule has 4 aliphatic rings. The van der Waals surface area contributed by atoms with Gasteiger partial charge >= 0.3 is 0 Å². The fraction of sp³-hybridized carbons (Fsp3) is 0.200. The van der Waals surface area contributed by atoms with Crippen LogP contribution in [0, 0.1) is 0 Å². The first-order chi connectivity index (χ1) is 36.7. The fourth-order valence-electron chi connectivity index (χ4n) is 14.8. The first kappa shape index (κ1) is 46.5. The topological polar surface area (TPSA) is 3.24 Å². The van der Waals surface area contributed by atoms with E-state index in [-0.39, 0.29) is 21.7 Å². The highest BCUT2D eigenvalue weighted by atomic mass is 15.1. The molecule has 1 atom stereocenters. The molecule has 0 heterocycles. The van der Waals surface area contributed by atoms with E-state index in [9.17, 15) is 0 Å². The van der Waals surface area contributed by atoms with Crippen LogP contribution in [0.3, 0.4) is 0 Å². The van der Waals surface area contributed by atoms with Crippen LogP contribution >= 0.6 is 0 Å². The van der Waals surface area contributed by atoms with Gasteiger partial charge in [0.05, 0.1) is 16.8 Å². The monoisotopic (exact) mass is 980 g/mol. The van der Waals surface area contributed by atoms with Crippen molar-refractivity contribution in [1.29, 1.82) is 0 Å². The lowest BCUT2D eigenvalue weighted by Gasteiger charge is -2.36. The van der Waals surface area contributed by atoms with Gasteiger partial charge in [0.15, 0.2) is 0 Å². The van der Waals surface area contributed by atoms with Crippen molar-refractivity contribution in [1.82, 2.24) is 0 Å². The van der Waals surface area contributed by atoms with Gasteiger partial charge in [-0.15, -0.1) is 0 Å². The van der Waals surface area contributed by atoms with Crippen LogP contribution < -0.4 is 4.90 Å². The molecular formula is C75H65N. The van der Waals surface area contributed by atoms with E-state index in [0.29, 0.717) is 0 Å². The largest absolute Gasteiger partial charge is 0.309 e. The van der Waals surface area contributed by atoms with Crippen LogP contribution in [0.15, 0.2) is 224 Å². The van der Waals surface area contributed by atoms with Gasteiger partial charge in [-0.1, -0.05) is 256 Å². The Bertz CT molecular complexity index is 3960. The van der Waals surface area contributed by atoms with Crippen LogP contribution in [-0.2, 0) is 33.5 Å². The molecule has 1 heteroatoms. The van der Waals surface area contributed by atoms with Crippen molar-refractivity contribution in [3.05, 3.63) is 291 Å². The maximum Gasteiger partial charge on any atom is 0.0714 e. The predicted octanol–water partition coefficient (Wildman–Crippen LogP) is 19.3. The highest BCUT2D eigenvalue weighted by Gasteiger charge is 2.51. The molecule has 0 saturated heterocycles. The Kier molecular flexibility index (Phi) is 10.1. The second kappa shape index (κ2) is 16.5. The summed E-state index contributed by atoms with van der Waals surface area (Å²) in [7, 11) is 0. The van der Waals surface area contributed by atoms with Crippen molar-refractivity contribution in [2.24, 2.45) is 0 Å². The molecule has 10 aromatic carbocycles. The third-order valence-electron chi connectivity index (χ3n) is 18.3. The van der Waals surface area contributed by atoms with Crippen molar-refractivity contribution in [2.75, 3.05) is 4.90 Å². The number of anilines is 3. The molecular weight excluding hydrogens is 915 g/mol. The normalized spacial score (nSPS) is 16.8. The van der Waals surface area contributed by atoms with Crippen LogP contribution in [0.2, 0.25) is 0 Å². The number of hydrogen-bond acceptors (Lipinski definition) is 1. The highest BCUT2D eigenvalue weighted by molar-refractivity contribution is 6.01. The number of nitrogens with zero attached hydrogens (tertiary/aromatic N) is 1. The Hall–Kier alpha value is -8.00. The number of benzene rings is 10. The maximum atomic E-state index is 2.66. The van der Waals surface area contributed by atoms with Gasteiger partial charge in [-0.3, -0.25) is 0 Å². The zero-order valence-corrected chi connectivity index (χ0v) is 45.2. The third kappa shape index (κ3) is 6.45. The minimum atomic E-state index is -0.622. The van der Waals surface area contributed by atoms with Crippen molar-refractivity contribution < 1.29 is 0 Å². The summed E-state index contributed by atoms with van der Waals surface area (Å²) in [5.41, 5.74) is 29.0. The molecule has 10 aromatic rings. The molecule has 76 heavy (non-hydrogen) atoms. The highest BCUT2D eigenvalue weighted by Crippen LogP contribution is 2.63. The van der Waals surface area contributed by atoms with E-state index in [0.717, 1.165) is 24.2 Å². The SMILES string of the molecule is CC(C)(C)c1cccc(C2(c3cccc(C(C)(C)C)c3)c3ccccc3-c3c(N(c4ccc5c(c4)C4(CCc6ccccc64)c4ccccc4-5)c4ccccc4-c4cccc5c4C(C)(C)c4ccccc4-5)cccc32)c1. The Morgan fingerprint density at radius 3 is 1.54 bits per heavy atom. The minimum absolute atomic E-state index is 0.0499. The van der Waals surface area contributed by atoms with E-state index < -0.39 is 5.41 Å². The first-order valence-electron chi connectivity index (χ1n) is 27.6. The summed E-state index contributed by atoms with van der Waals surface area (Å²) in [5, 5.41) is 0. The molecule has 0 N–H and O–H groups in total. The summed E-state index contributed by atoms with van der Waals surface area (Å²) in [6.45, 7) is 18.9. The average Bonchev–Trinajstić information content (AvgIpc) is 4.34. The molecule has 1 spiro atoms. The Morgan fingerprint density at radius 2 is 0.855 bits per heavy atom. The lowest BCUT2D eigenvalue weighted by Crippen LogP contribution is -2.30. The number of hydrogen-bond donors (Lipinski definition) is 0. The second-order valence-corrected chi connectivity index (χ2v) is 24.7. The molecule has 0 fully saturated rings.